The Morgan fingerprint density at radius 1 is 0.220 bits per heavy atom. The zero-order chi connectivity index (χ0) is 53.8. The highest BCUT2D eigenvalue weighted by molar-refractivity contribution is 8.05. The van der Waals surface area contributed by atoms with E-state index in [0.29, 0.717) is 0 Å². The number of anilines is 6. The molecule has 0 unspecified atom stereocenters. The molecule has 4 nitrogen and oxygen atoms in total. The predicted molar refractivity (Wildman–Crippen MR) is 349 cm³/mol. The van der Waals surface area contributed by atoms with Crippen molar-refractivity contribution in [2.75, 3.05) is 9.80 Å². The second-order valence-electron chi connectivity index (χ2n) is 20.8. The van der Waals surface area contributed by atoms with Gasteiger partial charge in [-0.2, -0.15) is 0 Å². The lowest BCUT2D eigenvalue weighted by Gasteiger charge is -2.26. The van der Waals surface area contributed by atoms with Crippen molar-refractivity contribution in [2.24, 2.45) is 0 Å². The Morgan fingerprint density at radius 3 is 0.854 bits per heavy atom. The molecule has 13 aromatic carbocycles. The molecule has 82 heavy (non-hydrogen) atoms. The zero-order valence-corrected chi connectivity index (χ0v) is 47.2. The molecule has 386 valence electrons. The van der Waals surface area contributed by atoms with Gasteiger partial charge in [-0.25, -0.2) is 0 Å². The average Bonchev–Trinajstić information content (AvgIpc) is 4.10. The number of rotatable bonds is 8. The molecule has 0 saturated carbocycles. The maximum absolute atomic E-state index is 2.59. The Bertz CT molecular complexity index is 4600. The number of nitrogens with zero attached hydrogens (tertiary/aromatic N) is 4. The van der Waals surface area contributed by atoms with E-state index in [-0.39, 0.29) is 0 Å². The average molecular weight is 1120 g/mol. The fourth-order valence-corrected chi connectivity index (χ4v) is 17.5. The van der Waals surface area contributed by atoms with Gasteiger partial charge in [-0.3, -0.25) is 0 Å². The first-order valence-electron chi connectivity index (χ1n) is 27.6. The molecule has 0 amide bonds. The van der Waals surface area contributed by atoms with E-state index in [0.717, 1.165) is 45.2 Å². The van der Waals surface area contributed by atoms with Crippen LogP contribution >= 0.6 is 47.0 Å². The van der Waals surface area contributed by atoms with Gasteiger partial charge in [0.1, 0.15) is 0 Å². The van der Waals surface area contributed by atoms with Crippen LogP contribution in [0.25, 0.3) is 76.5 Å². The van der Waals surface area contributed by atoms with E-state index in [1.807, 2.05) is 47.0 Å². The molecule has 15 aromatic rings. The second-order valence-corrected chi connectivity index (χ2v) is 25.0. The molecule has 2 aromatic heterocycles. The first kappa shape index (κ1) is 47.8. The van der Waals surface area contributed by atoms with Gasteiger partial charge >= 0.3 is 0 Å². The molecule has 8 heteroatoms. The Labute approximate surface area is 491 Å². The van der Waals surface area contributed by atoms with Crippen molar-refractivity contribution in [3.8, 4) is 11.4 Å². The van der Waals surface area contributed by atoms with E-state index in [1.165, 1.54) is 105 Å². The van der Waals surface area contributed by atoms with Gasteiger partial charge in [0.2, 0.25) is 0 Å². The maximum Gasteiger partial charge on any atom is 0.0620 e. The monoisotopic (exact) mass is 1120 g/mol. The van der Waals surface area contributed by atoms with Crippen LogP contribution in [0.4, 0.5) is 34.1 Å². The van der Waals surface area contributed by atoms with Gasteiger partial charge in [0.25, 0.3) is 0 Å². The van der Waals surface area contributed by atoms with Crippen molar-refractivity contribution in [2.45, 2.75) is 39.2 Å². The summed E-state index contributed by atoms with van der Waals surface area (Å²) in [6, 6.07) is 103. The summed E-state index contributed by atoms with van der Waals surface area (Å²) in [6.45, 7) is 0. The van der Waals surface area contributed by atoms with Crippen LogP contribution in [0.3, 0.4) is 0 Å². The summed E-state index contributed by atoms with van der Waals surface area (Å²) in [4.78, 5) is 15.1. The Hall–Kier alpha value is -9.02. The molecule has 17 rings (SSSR count). The van der Waals surface area contributed by atoms with E-state index in [9.17, 15) is 0 Å². The SMILES string of the molecule is c1ccc(N(c2ccccc2)c2ccc3c(c2)c2c4c(ccc2n3-c2c3ccccc3c(-n3c5ccc(N(c6ccccc6)c6ccccc6)cc5c5c6c(ccc53)Sc3ccccc3S6)c3ccccc23)Sc2ccccc2S4)cc1. The summed E-state index contributed by atoms with van der Waals surface area (Å²) in [5, 5.41) is 9.68. The van der Waals surface area contributed by atoms with E-state index in [2.05, 4.69) is 298 Å². The number of fused-ring (bicyclic) bond motifs is 14. The third kappa shape index (κ3) is 7.52. The number of aromatic nitrogens is 2. The molecule has 0 fully saturated rings. The molecule has 0 N–H and O–H groups in total. The fourth-order valence-electron chi connectivity index (χ4n) is 12.7. The molecular weight excluding hydrogens is 1070 g/mol. The normalized spacial score (nSPS) is 12.7. The van der Waals surface area contributed by atoms with Crippen molar-refractivity contribution in [3.63, 3.8) is 0 Å². The molecule has 2 aliphatic heterocycles. The zero-order valence-electron chi connectivity index (χ0n) is 44.0. The Kier molecular flexibility index (Phi) is 11.3. The van der Waals surface area contributed by atoms with Crippen LogP contribution in [0.2, 0.25) is 0 Å². The van der Waals surface area contributed by atoms with Crippen molar-refractivity contribution in [1.82, 2.24) is 9.13 Å². The minimum absolute atomic E-state index is 1.10. The van der Waals surface area contributed by atoms with Crippen molar-refractivity contribution < 1.29 is 0 Å². The van der Waals surface area contributed by atoms with Crippen LogP contribution < -0.4 is 9.80 Å². The van der Waals surface area contributed by atoms with Crippen LogP contribution in [0.5, 0.6) is 0 Å². The van der Waals surface area contributed by atoms with Crippen molar-refractivity contribution in [3.05, 3.63) is 279 Å². The standard InChI is InChI=1S/C74H46N4S4/c1-5-21-47(22-6-1)75(48-23-7-2-8-24-48)51-37-39-59-57(45-51)69-61(41-43-67-73(69)81-65-35-19-17-33-63(65)79-67)77(59)71-53-29-13-15-31-55(53)72(56-32-16-14-30-54(56)71)78-60-40-38-52(76(49-25-9-3-10-26-49)50-27-11-4-12-28-50)46-58(60)70-62(78)42-44-68-74(70)82-66-36-20-18-34-64(66)80-68/h1-46H. The highest BCUT2D eigenvalue weighted by Gasteiger charge is 2.30. The highest BCUT2D eigenvalue weighted by atomic mass is 32.2. The summed E-state index contributed by atoms with van der Waals surface area (Å²) < 4.78 is 5.18. The third-order valence-corrected chi connectivity index (χ3v) is 21.3. The van der Waals surface area contributed by atoms with Crippen LogP contribution in [0, 0.1) is 0 Å². The molecule has 0 spiro atoms. The minimum atomic E-state index is 1.10. The Morgan fingerprint density at radius 2 is 0.512 bits per heavy atom. The quantitative estimate of drug-likeness (QED) is 0.140. The summed E-state index contributed by atoms with van der Waals surface area (Å²) in [5.41, 5.74) is 13.7. The summed E-state index contributed by atoms with van der Waals surface area (Å²) >= 11 is 7.56. The van der Waals surface area contributed by atoms with Gasteiger partial charge in [-0.05, 0) is 133 Å². The summed E-state index contributed by atoms with van der Waals surface area (Å²) in [5.74, 6) is 0. The van der Waals surface area contributed by atoms with E-state index < -0.39 is 0 Å². The van der Waals surface area contributed by atoms with E-state index >= 15 is 0 Å². The lowest BCUT2D eigenvalue weighted by molar-refractivity contribution is 1.16. The highest BCUT2D eigenvalue weighted by Crippen LogP contribution is 2.57. The van der Waals surface area contributed by atoms with Crippen molar-refractivity contribution in [1.29, 1.82) is 0 Å². The molecule has 0 aliphatic carbocycles. The van der Waals surface area contributed by atoms with E-state index in [4.69, 9.17) is 0 Å². The number of hydrogen-bond acceptors (Lipinski definition) is 6. The number of benzene rings is 13. The van der Waals surface area contributed by atoms with Gasteiger partial charge in [-0.15, -0.1) is 0 Å². The molecule has 0 bridgehead atoms. The second kappa shape index (κ2) is 19.3. The first-order valence-corrected chi connectivity index (χ1v) is 30.8. The van der Waals surface area contributed by atoms with E-state index in [1.54, 1.807) is 0 Å². The van der Waals surface area contributed by atoms with Crippen LogP contribution in [0.15, 0.2) is 318 Å². The predicted octanol–water partition coefficient (Wildman–Crippen LogP) is 22.4. The molecule has 0 saturated heterocycles. The van der Waals surface area contributed by atoms with Crippen LogP contribution in [-0.4, -0.2) is 9.13 Å². The first-order chi connectivity index (χ1) is 40.7. The lowest BCUT2D eigenvalue weighted by atomic mass is 9.97. The summed E-state index contributed by atoms with van der Waals surface area (Å²) in [7, 11) is 0. The topological polar surface area (TPSA) is 16.3 Å². The number of para-hydroxylation sites is 4. The Balaban J connectivity index is 0.952. The fraction of sp³-hybridized carbons (Fsp3) is 0. The van der Waals surface area contributed by atoms with Crippen LogP contribution in [-0.2, 0) is 0 Å². The molecule has 0 radical (unpaired) electrons. The molecule has 4 heterocycles. The van der Waals surface area contributed by atoms with Gasteiger partial charge in [0.15, 0.2) is 0 Å². The van der Waals surface area contributed by atoms with Gasteiger partial charge in [-0.1, -0.05) is 193 Å². The lowest BCUT2D eigenvalue weighted by Crippen LogP contribution is -2.09. The third-order valence-electron chi connectivity index (χ3n) is 16.1. The largest absolute Gasteiger partial charge is 0.310 e. The number of hydrogen-bond donors (Lipinski definition) is 0. The molecular formula is C74H46N4S4. The van der Waals surface area contributed by atoms with Gasteiger partial charge < -0.3 is 18.9 Å². The van der Waals surface area contributed by atoms with Gasteiger partial charge in [0, 0.05) is 116 Å². The molecule has 0 atom stereocenters. The van der Waals surface area contributed by atoms with Crippen LogP contribution in [0.1, 0.15) is 0 Å². The smallest absolute Gasteiger partial charge is 0.0620 e. The summed E-state index contributed by atoms with van der Waals surface area (Å²) in [6.07, 6.45) is 0. The van der Waals surface area contributed by atoms with Crippen molar-refractivity contribution >= 4 is 146 Å². The minimum Gasteiger partial charge on any atom is -0.310 e. The molecule has 2 aliphatic rings. The van der Waals surface area contributed by atoms with Gasteiger partial charge in [0.05, 0.1) is 33.4 Å². The maximum atomic E-state index is 2.59.